The first-order valence-electron chi connectivity index (χ1n) is 9.46. The Hall–Kier alpha value is -4.31. The van der Waals surface area contributed by atoms with Gasteiger partial charge >= 0.3 is 5.97 Å². The van der Waals surface area contributed by atoms with Crippen molar-refractivity contribution in [3.05, 3.63) is 89.4 Å². The first kappa shape index (κ1) is 21.4. The van der Waals surface area contributed by atoms with E-state index in [9.17, 15) is 14.9 Å². The van der Waals surface area contributed by atoms with Crippen molar-refractivity contribution in [2.75, 3.05) is 6.61 Å². The van der Waals surface area contributed by atoms with E-state index in [0.29, 0.717) is 22.8 Å². The fourth-order valence-electron chi connectivity index (χ4n) is 2.56. The van der Waals surface area contributed by atoms with Crippen LogP contribution in [-0.2, 0) is 16.1 Å². The second kappa shape index (κ2) is 10.5. The lowest BCUT2D eigenvalue weighted by Crippen LogP contribution is -2.23. The van der Waals surface area contributed by atoms with Crippen molar-refractivity contribution in [2.24, 2.45) is 0 Å². The molecule has 31 heavy (non-hydrogen) atoms. The van der Waals surface area contributed by atoms with E-state index >= 15 is 0 Å². The summed E-state index contributed by atoms with van der Waals surface area (Å²) in [5, 5.41) is 11.9. The molecule has 0 bridgehead atoms. The smallest absolute Gasteiger partial charge is 0.349 e. The molecule has 0 unspecified atom stereocenters. The Bertz CT molecular complexity index is 1090. The maximum absolute atomic E-state index is 12.2. The average Bonchev–Trinajstić information content (AvgIpc) is 3.30. The number of nitrogens with zero attached hydrogens (tertiary/aromatic N) is 1. The summed E-state index contributed by atoms with van der Waals surface area (Å²) in [7, 11) is 0. The van der Waals surface area contributed by atoms with Crippen LogP contribution in [-0.4, -0.2) is 18.5 Å². The van der Waals surface area contributed by atoms with E-state index in [4.69, 9.17) is 13.9 Å². The number of benzene rings is 2. The minimum atomic E-state index is -0.543. The molecule has 156 valence electrons. The van der Waals surface area contributed by atoms with Crippen molar-refractivity contribution in [3.8, 4) is 17.6 Å². The monoisotopic (exact) mass is 416 g/mol. The van der Waals surface area contributed by atoms with Crippen LogP contribution in [0.3, 0.4) is 0 Å². The topological polar surface area (TPSA) is 102 Å². The summed E-state index contributed by atoms with van der Waals surface area (Å²) in [6.07, 6.45) is 2.95. The van der Waals surface area contributed by atoms with E-state index in [1.807, 2.05) is 25.1 Å². The Morgan fingerprint density at radius 3 is 2.42 bits per heavy atom. The number of hydrogen-bond donors (Lipinski definition) is 1. The van der Waals surface area contributed by atoms with Crippen molar-refractivity contribution >= 4 is 18.0 Å². The molecule has 3 rings (SSSR count). The number of amides is 1. The standard InChI is InChI=1S/C24H20N2O5/c1-17-4-8-20(9-5-17)30-16-23(27)31-21-10-6-18(7-11-21)13-19(14-25)24(28)26-15-22-3-2-12-29-22/h2-13H,15-16H2,1H3,(H,26,28)/b19-13+. The molecule has 1 aromatic heterocycles. The van der Waals surface area contributed by atoms with Crippen LogP contribution in [0.15, 0.2) is 76.9 Å². The molecule has 7 nitrogen and oxygen atoms in total. The number of hydrogen-bond acceptors (Lipinski definition) is 6. The van der Waals surface area contributed by atoms with Crippen LogP contribution in [0.25, 0.3) is 6.08 Å². The zero-order valence-corrected chi connectivity index (χ0v) is 16.8. The van der Waals surface area contributed by atoms with Gasteiger partial charge in [-0.3, -0.25) is 4.79 Å². The number of carbonyl (C=O) groups excluding carboxylic acids is 2. The molecule has 0 radical (unpaired) electrons. The summed E-state index contributed by atoms with van der Waals surface area (Å²) in [5.41, 5.74) is 1.65. The van der Waals surface area contributed by atoms with Gasteiger partial charge in [-0.05, 0) is 55.0 Å². The van der Waals surface area contributed by atoms with Gasteiger partial charge < -0.3 is 19.2 Å². The predicted molar refractivity (Wildman–Crippen MR) is 113 cm³/mol. The summed E-state index contributed by atoms with van der Waals surface area (Å²) < 4.78 is 15.8. The molecule has 7 heteroatoms. The lowest BCUT2D eigenvalue weighted by atomic mass is 10.1. The van der Waals surface area contributed by atoms with Gasteiger partial charge in [0.2, 0.25) is 0 Å². The van der Waals surface area contributed by atoms with Crippen molar-refractivity contribution in [3.63, 3.8) is 0 Å². The molecule has 0 saturated carbocycles. The van der Waals surface area contributed by atoms with Crippen molar-refractivity contribution in [2.45, 2.75) is 13.5 Å². The van der Waals surface area contributed by atoms with Crippen LogP contribution in [0.2, 0.25) is 0 Å². The Morgan fingerprint density at radius 1 is 1.06 bits per heavy atom. The number of furan rings is 1. The zero-order valence-electron chi connectivity index (χ0n) is 16.8. The third-order valence-corrected chi connectivity index (χ3v) is 4.17. The number of nitrogens with one attached hydrogen (secondary N) is 1. The highest BCUT2D eigenvalue weighted by Gasteiger charge is 2.10. The molecule has 0 aliphatic carbocycles. The largest absolute Gasteiger partial charge is 0.482 e. The number of aryl methyl sites for hydroxylation is 1. The van der Waals surface area contributed by atoms with Gasteiger partial charge in [0.05, 0.1) is 12.8 Å². The average molecular weight is 416 g/mol. The van der Waals surface area contributed by atoms with E-state index < -0.39 is 11.9 Å². The number of nitriles is 1. The molecule has 0 aliphatic heterocycles. The Labute approximate surface area is 179 Å². The minimum absolute atomic E-state index is 0.0530. The Morgan fingerprint density at radius 2 is 1.77 bits per heavy atom. The van der Waals surface area contributed by atoms with Gasteiger partial charge in [-0.15, -0.1) is 0 Å². The molecule has 1 heterocycles. The summed E-state index contributed by atoms with van der Waals surface area (Å²) in [4.78, 5) is 24.1. The summed E-state index contributed by atoms with van der Waals surface area (Å²) in [6, 6.07) is 19.1. The molecule has 1 amide bonds. The van der Waals surface area contributed by atoms with Gasteiger partial charge in [-0.2, -0.15) is 5.26 Å². The zero-order chi connectivity index (χ0) is 22.1. The third kappa shape index (κ3) is 6.61. The van der Waals surface area contributed by atoms with Crippen LogP contribution in [0.1, 0.15) is 16.9 Å². The van der Waals surface area contributed by atoms with Gasteiger partial charge in [-0.1, -0.05) is 29.8 Å². The molecule has 0 spiro atoms. The molecule has 2 aromatic carbocycles. The number of rotatable bonds is 8. The fourth-order valence-corrected chi connectivity index (χ4v) is 2.56. The van der Waals surface area contributed by atoms with Crippen LogP contribution in [0.4, 0.5) is 0 Å². The lowest BCUT2D eigenvalue weighted by molar-refractivity contribution is -0.136. The SMILES string of the molecule is Cc1ccc(OCC(=O)Oc2ccc(/C=C(\C#N)C(=O)NCc3ccco3)cc2)cc1. The molecule has 3 aromatic rings. The number of ether oxygens (including phenoxy) is 2. The van der Waals surface area contributed by atoms with Crippen molar-refractivity contribution < 1.29 is 23.5 Å². The van der Waals surface area contributed by atoms with Crippen LogP contribution in [0, 0.1) is 18.3 Å². The summed E-state index contributed by atoms with van der Waals surface area (Å²) in [5.74, 6) is 0.442. The Balaban J connectivity index is 1.53. The van der Waals surface area contributed by atoms with Gasteiger partial charge in [0.15, 0.2) is 6.61 Å². The first-order chi connectivity index (χ1) is 15.0. The second-order valence-electron chi connectivity index (χ2n) is 6.58. The van der Waals surface area contributed by atoms with E-state index in [1.54, 1.807) is 48.5 Å². The molecule has 0 saturated heterocycles. The van der Waals surface area contributed by atoms with E-state index in [0.717, 1.165) is 5.56 Å². The molecular weight excluding hydrogens is 396 g/mol. The van der Waals surface area contributed by atoms with Crippen LogP contribution >= 0.6 is 0 Å². The van der Waals surface area contributed by atoms with Gasteiger partial charge in [0.25, 0.3) is 5.91 Å². The van der Waals surface area contributed by atoms with Crippen LogP contribution in [0.5, 0.6) is 11.5 Å². The highest BCUT2D eigenvalue weighted by Crippen LogP contribution is 2.16. The highest BCUT2D eigenvalue weighted by atomic mass is 16.6. The van der Waals surface area contributed by atoms with E-state index in [1.165, 1.54) is 12.3 Å². The maximum Gasteiger partial charge on any atom is 0.349 e. The van der Waals surface area contributed by atoms with Gasteiger partial charge in [0, 0.05) is 0 Å². The van der Waals surface area contributed by atoms with E-state index in [2.05, 4.69) is 5.32 Å². The maximum atomic E-state index is 12.2. The number of esters is 1. The van der Waals surface area contributed by atoms with E-state index in [-0.39, 0.29) is 18.7 Å². The molecule has 0 aliphatic rings. The fraction of sp³-hybridized carbons (Fsp3) is 0.125. The first-order valence-corrected chi connectivity index (χ1v) is 9.46. The summed E-state index contributed by atoms with van der Waals surface area (Å²) in [6.45, 7) is 1.92. The lowest BCUT2D eigenvalue weighted by Gasteiger charge is -2.07. The van der Waals surface area contributed by atoms with Crippen molar-refractivity contribution in [1.29, 1.82) is 5.26 Å². The molecule has 0 atom stereocenters. The normalized spacial score (nSPS) is 10.8. The van der Waals surface area contributed by atoms with Gasteiger partial charge in [0.1, 0.15) is 28.9 Å². The molecule has 1 N–H and O–H groups in total. The van der Waals surface area contributed by atoms with Crippen LogP contribution < -0.4 is 14.8 Å². The van der Waals surface area contributed by atoms with Crippen molar-refractivity contribution in [1.82, 2.24) is 5.32 Å². The van der Waals surface area contributed by atoms with Gasteiger partial charge in [-0.25, -0.2) is 4.79 Å². The third-order valence-electron chi connectivity index (χ3n) is 4.17. The summed E-state index contributed by atoms with van der Waals surface area (Å²) >= 11 is 0. The Kier molecular flexibility index (Phi) is 7.22. The second-order valence-corrected chi connectivity index (χ2v) is 6.58. The predicted octanol–water partition coefficient (Wildman–Crippen LogP) is 3.80. The minimum Gasteiger partial charge on any atom is -0.482 e. The quantitative estimate of drug-likeness (QED) is 0.259. The highest BCUT2D eigenvalue weighted by molar-refractivity contribution is 6.01. The molecule has 0 fully saturated rings. The number of carbonyl (C=O) groups is 2. The molecular formula is C24H20N2O5.